The molecule has 0 aromatic carbocycles. The van der Waals surface area contributed by atoms with Crippen LogP contribution in [-0.4, -0.2) is 61.1 Å². The van der Waals surface area contributed by atoms with Gasteiger partial charge in [-0.15, -0.1) is 37.7 Å². The summed E-state index contributed by atoms with van der Waals surface area (Å²) in [5, 5.41) is 0. The van der Waals surface area contributed by atoms with Crippen LogP contribution in [0.1, 0.15) is 0 Å². The first-order valence-electron chi connectivity index (χ1n) is 5.21. The van der Waals surface area contributed by atoms with Gasteiger partial charge in [-0.1, -0.05) is 0 Å². The molecule has 0 rings (SSSR count). The maximum atomic E-state index is 9.29. The maximum absolute atomic E-state index is 9.29. The third kappa shape index (κ3) is 120. The summed E-state index contributed by atoms with van der Waals surface area (Å²) in [5.41, 5.74) is 9.81. The molecule has 0 bridgehead atoms. The monoisotopic (exact) mass is 440 g/mol. The minimum atomic E-state index is -2.35. The molecule has 24 heavy (non-hydrogen) atoms. The lowest BCUT2D eigenvalue weighted by molar-refractivity contribution is 0.342. The summed E-state index contributed by atoms with van der Waals surface area (Å²) in [4.78, 5) is 30.6. The van der Waals surface area contributed by atoms with Gasteiger partial charge in [0.2, 0.25) is 0 Å². The molecule has 0 aromatic rings. The topological polar surface area (TPSA) is 238 Å². The molecule has 0 aliphatic carbocycles. The van der Waals surface area contributed by atoms with Crippen LogP contribution in [0.15, 0.2) is 0 Å². The first-order valence-corrected chi connectivity index (χ1v) is 9.73. The highest BCUT2D eigenvalue weighted by Gasteiger charge is 2.04. The number of hydrogen-bond donors (Lipinski definition) is 6. The van der Waals surface area contributed by atoms with Crippen molar-refractivity contribution < 1.29 is 55.9 Å². The lowest BCUT2D eigenvalue weighted by atomic mass is 10.7. The molecule has 4 unspecified atom stereocenters. The molecule has 8 N–H and O–H groups in total. The molecule has 146 valence electrons. The normalized spacial score (nSPS) is 10.6. The fraction of sp³-hybridized carbons (Fsp3) is 1.00. The summed E-state index contributed by atoms with van der Waals surface area (Å²) in [6, 6.07) is 0. The molecule has 0 aliphatic rings. The van der Waals surface area contributed by atoms with Gasteiger partial charge in [0.25, 0.3) is 0 Å². The van der Waals surface area contributed by atoms with Crippen molar-refractivity contribution in [2.45, 2.75) is 0 Å². The van der Waals surface area contributed by atoms with Gasteiger partial charge < -0.3 is 11.5 Å². The van der Waals surface area contributed by atoms with Crippen LogP contribution in [0.2, 0.25) is 0 Å². The third-order valence-electron chi connectivity index (χ3n) is 0.791. The van der Waals surface area contributed by atoms with Gasteiger partial charge in [-0.05, 0) is 0 Å². The van der Waals surface area contributed by atoms with Crippen molar-refractivity contribution in [3.8, 4) is 0 Å². The molecule has 14 nitrogen and oxygen atoms in total. The highest BCUT2D eigenvalue weighted by molar-refractivity contribution is 7.32. The van der Waals surface area contributed by atoms with Crippen molar-refractivity contribution in [1.29, 1.82) is 0 Å². The Kier molecular flexibility index (Phi) is 50.3. The van der Waals surface area contributed by atoms with Gasteiger partial charge in [0, 0.05) is 31.3 Å². The van der Waals surface area contributed by atoms with Crippen LogP contribution in [0.25, 0.3) is 0 Å². The Hall–Kier alpha value is -0.000000000000000125. The predicted octanol–water partition coefficient (Wildman–Crippen LogP) is 0.0338. The Labute approximate surface area is 142 Å². The minimum absolute atomic E-state index is 0.597. The Balaban J connectivity index is -0.0000000628. The highest BCUT2D eigenvalue weighted by atomic mass is 31.1. The summed E-state index contributed by atoms with van der Waals surface area (Å²) in [6.45, 7) is 1.19. The van der Waals surface area contributed by atoms with E-state index in [1.54, 1.807) is 0 Å². The van der Waals surface area contributed by atoms with E-state index in [1.807, 2.05) is 0 Å². The quantitative estimate of drug-likeness (QED) is 0.309. The molecule has 0 fully saturated rings. The molecule has 4 atom stereocenters. The van der Waals surface area contributed by atoms with E-state index in [0.29, 0.717) is 13.1 Å². The van der Waals surface area contributed by atoms with E-state index in [-0.39, 0.29) is 0 Å². The fourth-order valence-electron chi connectivity index (χ4n) is 0. The molecule has 0 aliphatic heterocycles. The maximum Gasteiger partial charge on any atom is 0.694 e. The average Bonchev–Trinajstić information content (AvgIpc) is 2.56. The third-order valence-corrected chi connectivity index (χ3v) is 2.04. The smallest absolute Gasteiger partial charge is 0.329 e. The standard InChI is InChI=1S/C2H8N2.4CH3O3P/c3-1-2-4;4*1-4-5(2)3/h1-4H2;4*1H3/p+4. The van der Waals surface area contributed by atoms with Crippen LogP contribution in [0.3, 0.4) is 0 Å². The van der Waals surface area contributed by atoms with Gasteiger partial charge in [0.05, 0.1) is 28.4 Å². The zero-order valence-electron chi connectivity index (χ0n) is 13.4. The van der Waals surface area contributed by atoms with Gasteiger partial charge in [-0.2, -0.15) is 0 Å². The number of hydrogen-bond acceptors (Lipinski definition) is 10. The molecule has 0 heterocycles. The SMILES string of the molecule is CO[P+](=O)O.CO[P+](=O)O.CO[P+](=O)O.CO[P+](=O)O.NCCN. The van der Waals surface area contributed by atoms with Crippen LogP contribution < -0.4 is 11.5 Å². The Morgan fingerprint density at radius 2 is 0.667 bits per heavy atom. The van der Waals surface area contributed by atoms with Crippen molar-refractivity contribution in [2.75, 3.05) is 41.5 Å². The minimum Gasteiger partial charge on any atom is -0.329 e. The molecular weight excluding hydrogens is 416 g/mol. The van der Waals surface area contributed by atoms with Crippen LogP contribution in [0.5, 0.6) is 0 Å². The largest absolute Gasteiger partial charge is 0.694 e. The molecule has 18 heteroatoms. The second-order valence-electron chi connectivity index (χ2n) is 2.26. The number of nitrogens with two attached hydrogens (primary N) is 2. The van der Waals surface area contributed by atoms with E-state index < -0.39 is 33.0 Å². The molecule has 0 saturated carbocycles. The van der Waals surface area contributed by atoms with Crippen LogP contribution >= 0.6 is 33.0 Å². The van der Waals surface area contributed by atoms with E-state index in [0.717, 1.165) is 0 Å². The van der Waals surface area contributed by atoms with E-state index >= 15 is 0 Å². The summed E-state index contributed by atoms with van der Waals surface area (Å²) in [6.07, 6.45) is 0. The first-order chi connectivity index (χ1) is 11.0. The Bertz CT molecular complexity index is 262. The molecule has 0 radical (unpaired) electrons. The Morgan fingerprint density at radius 3 is 0.667 bits per heavy atom. The van der Waals surface area contributed by atoms with E-state index in [2.05, 4.69) is 18.1 Å². The van der Waals surface area contributed by atoms with Gasteiger partial charge in [0.1, 0.15) is 0 Å². The van der Waals surface area contributed by atoms with E-state index in [1.165, 1.54) is 28.4 Å². The van der Waals surface area contributed by atoms with Crippen molar-refractivity contribution in [3.05, 3.63) is 0 Å². The molecule has 0 spiro atoms. The second kappa shape index (κ2) is 34.4. The molecule has 0 amide bonds. The Morgan fingerprint density at radius 1 is 0.583 bits per heavy atom. The molecular formula is C6H24N2O12P4+4. The summed E-state index contributed by atoms with van der Waals surface area (Å²) < 4.78 is 52.4. The zero-order valence-corrected chi connectivity index (χ0v) is 17.0. The van der Waals surface area contributed by atoms with Crippen LogP contribution in [0, 0.1) is 0 Å². The predicted molar refractivity (Wildman–Crippen MR) is 85.4 cm³/mol. The van der Waals surface area contributed by atoms with Crippen molar-refractivity contribution in [2.24, 2.45) is 11.5 Å². The molecule has 0 saturated heterocycles. The summed E-state index contributed by atoms with van der Waals surface area (Å²) in [5.74, 6) is 0. The summed E-state index contributed by atoms with van der Waals surface area (Å²) >= 11 is 0. The van der Waals surface area contributed by atoms with Crippen LogP contribution in [-0.2, 0) is 36.4 Å². The van der Waals surface area contributed by atoms with Gasteiger partial charge in [0.15, 0.2) is 0 Å². The van der Waals surface area contributed by atoms with Gasteiger partial charge in [-0.3, -0.25) is 0 Å². The number of rotatable bonds is 5. The second-order valence-corrected chi connectivity index (χ2v) is 5.62. The average molecular weight is 440 g/mol. The lowest BCUT2D eigenvalue weighted by Crippen LogP contribution is -2.11. The lowest BCUT2D eigenvalue weighted by Gasteiger charge is -1.72. The highest BCUT2D eigenvalue weighted by Crippen LogP contribution is 2.10. The van der Waals surface area contributed by atoms with Crippen molar-refractivity contribution in [3.63, 3.8) is 0 Å². The zero-order chi connectivity index (χ0) is 20.6. The van der Waals surface area contributed by atoms with E-state index in [9.17, 15) is 18.3 Å². The van der Waals surface area contributed by atoms with Gasteiger partial charge in [-0.25, -0.2) is 0 Å². The first kappa shape index (κ1) is 35.2. The van der Waals surface area contributed by atoms with Crippen molar-refractivity contribution >= 4 is 33.0 Å². The van der Waals surface area contributed by atoms with Crippen molar-refractivity contribution in [1.82, 2.24) is 0 Å². The van der Waals surface area contributed by atoms with E-state index in [4.69, 9.17) is 31.0 Å². The summed E-state index contributed by atoms with van der Waals surface area (Å²) in [7, 11) is -4.73. The molecule has 0 aromatic heterocycles. The van der Waals surface area contributed by atoms with Crippen LogP contribution in [0.4, 0.5) is 0 Å². The van der Waals surface area contributed by atoms with Gasteiger partial charge >= 0.3 is 33.0 Å². The fourth-order valence-corrected chi connectivity index (χ4v) is 0.